The zero-order chi connectivity index (χ0) is 19.2. The molecule has 2 atom stereocenters. The van der Waals surface area contributed by atoms with Gasteiger partial charge in [-0.2, -0.15) is 0 Å². The average Bonchev–Trinajstić information content (AvgIpc) is 2.96. The van der Waals surface area contributed by atoms with Crippen LogP contribution in [0.4, 0.5) is 4.79 Å². The van der Waals surface area contributed by atoms with E-state index in [1.807, 2.05) is 51.1 Å². The summed E-state index contributed by atoms with van der Waals surface area (Å²) in [6.07, 6.45) is 3.81. The van der Waals surface area contributed by atoms with E-state index in [1.165, 1.54) is 0 Å². The molecule has 2 rings (SSSR count). The smallest absolute Gasteiger partial charge is 0.408 e. The largest absolute Gasteiger partial charge is 0.461 e. The van der Waals surface area contributed by atoms with Crippen molar-refractivity contribution in [1.29, 1.82) is 0 Å². The molecule has 0 aliphatic heterocycles. The maximum absolute atomic E-state index is 12.4. The lowest BCUT2D eigenvalue weighted by Gasteiger charge is -2.31. The molecule has 142 valence electrons. The van der Waals surface area contributed by atoms with Crippen LogP contribution in [0.1, 0.15) is 52.0 Å². The van der Waals surface area contributed by atoms with Crippen LogP contribution < -0.4 is 5.32 Å². The summed E-state index contributed by atoms with van der Waals surface area (Å²) < 4.78 is 10.8. The number of amides is 1. The van der Waals surface area contributed by atoms with E-state index in [-0.39, 0.29) is 18.5 Å². The van der Waals surface area contributed by atoms with Gasteiger partial charge in [0, 0.05) is 5.54 Å². The molecule has 1 aliphatic carbocycles. The standard InChI is InChI=1S/C21H29NO4/c1-5-12-21(22-19(24)26-20(2,3)4)13-11-17(14-21)18(23)25-15-16-9-7-6-8-10-16/h5-10,17H,1,11-15H2,2-4H3,(H,22,24)/t17-,21?/m1/s1. The number of ether oxygens (including phenoxy) is 2. The predicted molar refractivity (Wildman–Crippen MR) is 100 cm³/mol. The van der Waals surface area contributed by atoms with Crippen molar-refractivity contribution < 1.29 is 19.1 Å². The average molecular weight is 359 g/mol. The molecule has 1 saturated carbocycles. The summed E-state index contributed by atoms with van der Waals surface area (Å²) in [5.74, 6) is -0.445. The van der Waals surface area contributed by atoms with E-state index in [1.54, 1.807) is 6.08 Å². The zero-order valence-corrected chi connectivity index (χ0v) is 15.9. The van der Waals surface area contributed by atoms with Crippen molar-refractivity contribution in [3.8, 4) is 0 Å². The topological polar surface area (TPSA) is 64.6 Å². The highest BCUT2D eigenvalue weighted by molar-refractivity contribution is 5.74. The molecule has 1 fully saturated rings. The lowest BCUT2D eigenvalue weighted by molar-refractivity contribution is -0.149. The number of nitrogens with one attached hydrogen (secondary N) is 1. The molecule has 1 unspecified atom stereocenters. The number of benzene rings is 1. The summed E-state index contributed by atoms with van der Waals surface area (Å²) in [6.45, 7) is 9.53. The van der Waals surface area contributed by atoms with Crippen molar-refractivity contribution in [2.45, 2.75) is 64.2 Å². The van der Waals surface area contributed by atoms with E-state index < -0.39 is 17.2 Å². The van der Waals surface area contributed by atoms with Crippen molar-refractivity contribution >= 4 is 12.1 Å². The Morgan fingerprint density at radius 1 is 1.31 bits per heavy atom. The number of carbonyl (C=O) groups excluding carboxylic acids is 2. The molecule has 1 aliphatic rings. The number of alkyl carbamates (subject to hydrolysis) is 1. The molecular formula is C21H29NO4. The third-order valence-corrected chi connectivity index (χ3v) is 4.47. The van der Waals surface area contributed by atoms with Gasteiger partial charge in [0.15, 0.2) is 0 Å². The third-order valence-electron chi connectivity index (χ3n) is 4.47. The second kappa shape index (κ2) is 8.39. The number of hydrogen-bond donors (Lipinski definition) is 1. The molecule has 1 amide bonds. The summed E-state index contributed by atoms with van der Waals surface area (Å²) in [7, 11) is 0. The first kappa shape index (κ1) is 20.0. The fourth-order valence-electron chi connectivity index (χ4n) is 3.32. The van der Waals surface area contributed by atoms with Crippen molar-refractivity contribution in [3.63, 3.8) is 0 Å². The predicted octanol–water partition coefficient (Wildman–Crippen LogP) is 4.37. The molecule has 0 bridgehead atoms. The van der Waals surface area contributed by atoms with Crippen LogP contribution in [0.2, 0.25) is 0 Å². The van der Waals surface area contributed by atoms with E-state index in [0.717, 1.165) is 5.56 Å². The molecule has 0 spiro atoms. The van der Waals surface area contributed by atoms with Gasteiger partial charge in [-0.15, -0.1) is 6.58 Å². The fraction of sp³-hybridized carbons (Fsp3) is 0.524. The highest BCUT2D eigenvalue weighted by Crippen LogP contribution is 2.38. The van der Waals surface area contributed by atoms with Crippen molar-refractivity contribution in [1.82, 2.24) is 5.32 Å². The number of carbonyl (C=O) groups is 2. The molecule has 0 aromatic heterocycles. The third kappa shape index (κ3) is 5.90. The van der Waals surface area contributed by atoms with Gasteiger partial charge in [-0.1, -0.05) is 36.4 Å². The van der Waals surface area contributed by atoms with Gasteiger partial charge in [-0.3, -0.25) is 4.79 Å². The first-order chi connectivity index (χ1) is 12.2. The summed E-state index contributed by atoms with van der Waals surface area (Å²) in [6, 6.07) is 9.60. The van der Waals surface area contributed by atoms with Gasteiger partial charge in [-0.05, 0) is 52.0 Å². The van der Waals surface area contributed by atoms with Crippen LogP contribution >= 0.6 is 0 Å². The Morgan fingerprint density at radius 2 is 2.00 bits per heavy atom. The number of esters is 1. The molecule has 1 N–H and O–H groups in total. The van der Waals surface area contributed by atoms with E-state index in [9.17, 15) is 9.59 Å². The molecule has 0 saturated heterocycles. The monoisotopic (exact) mass is 359 g/mol. The molecule has 1 aromatic rings. The molecule has 0 radical (unpaired) electrons. The molecular weight excluding hydrogens is 330 g/mol. The van der Waals surface area contributed by atoms with Gasteiger partial charge in [-0.25, -0.2) is 4.79 Å². The Balaban J connectivity index is 1.93. The molecule has 5 heteroatoms. The van der Waals surface area contributed by atoms with Crippen LogP contribution in [0.25, 0.3) is 0 Å². The fourth-order valence-corrected chi connectivity index (χ4v) is 3.32. The maximum atomic E-state index is 12.4. The molecule has 26 heavy (non-hydrogen) atoms. The van der Waals surface area contributed by atoms with E-state index in [0.29, 0.717) is 25.7 Å². The summed E-state index contributed by atoms with van der Waals surface area (Å²) in [4.78, 5) is 24.6. The van der Waals surface area contributed by atoms with Crippen LogP contribution in [-0.4, -0.2) is 23.2 Å². The Kier molecular flexibility index (Phi) is 6.46. The zero-order valence-electron chi connectivity index (χ0n) is 15.9. The minimum Gasteiger partial charge on any atom is -0.461 e. The minimum absolute atomic E-state index is 0.217. The van der Waals surface area contributed by atoms with Crippen LogP contribution in [0.5, 0.6) is 0 Å². The van der Waals surface area contributed by atoms with Gasteiger partial charge in [0.25, 0.3) is 0 Å². The van der Waals surface area contributed by atoms with E-state index in [4.69, 9.17) is 9.47 Å². The minimum atomic E-state index is -0.563. The van der Waals surface area contributed by atoms with Crippen LogP contribution in [0.15, 0.2) is 43.0 Å². The maximum Gasteiger partial charge on any atom is 0.408 e. The second-order valence-electron chi connectivity index (χ2n) is 7.93. The quantitative estimate of drug-likeness (QED) is 0.605. The Labute approximate surface area is 155 Å². The van der Waals surface area contributed by atoms with Gasteiger partial charge in [0.05, 0.1) is 5.92 Å². The van der Waals surface area contributed by atoms with Crippen molar-refractivity contribution in [3.05, 3.63) is 48.6 Å². The Hall–Kier alpha value is -2.30. The van der Waals surface area contributed by atoms with E-state index in [2.05, 4.69) is 11.9 Å². The Bertz CT molecular complexity index is 635. The first-order valence-corrected chi connectivity index (χ1v) is 9.06. The normalized spacial score (nSPS) is 22.5. The van der Waals surface area contributed by atoms with Gasteiger partial charge < -0.3 is 14.8 Å². The number of rotatable bonds is 6. The highest BCUT2D eigenvalue weighted by Gasteiger charge is 2.43. The lowest BCUT2D eigenvalue weighted by atomic mass is 9.92. The van der Waals surface area contributed by atoms with Crippen LogP contribution in [0, 0.1) is 5.92 Å². The molecule has 1 aromatic carbocycles. The summed E-state index contributed by atoms with van der Waals surface area (Å²) in [5, 5.41) is 2.97. The second-order valence-corrected chi connectivity index (χ2v) is 7.93. The SMILES string of the molecule is C=CCC1(NC(=O)OC(C)(C)C)CC[C@@H](C(=O)OCc2ccccc2)C1. The first-order valence-electron chi connectivity index (χ1n) is 9.06. The van der Waals surface area contributed by atoms with Crippen molar-refractivity contribution in [2.24, 2.45) is 5.92 Å². The van der Waals surface area contributed by atoms with E-state index >= 15 is 0 Å². The lowest BCUT2D eigenvalue weighted by Crippen LogP contribution is -2.48. The van der Waals surface area contributed by atoms with Gasteiger partial charge in [0.2, 0.25) is 0 Å². The van der Waals surface area contributed by atoms with Gasteiger partial charge >= 0.3 is 12.1 Å². The summed E-state index contributed by atoms with van der Waals surface area (Å²) >= 11 is 0. The van der Waals surface area contributed by atoms with Crippen LogP contribution in [-0.2, 0) is 20.9 Å². The molecule has 5 nitrogen and oxygen atoms in total. The van der Waals surface area contributed by atoms with Crippen molar-refractivity contribution in [2.75, 3.05) is 0 Å². The Morgan fingerprint density at radius 3 is 2.62 bits per heavy atom. The highest BCUT2D eigenvalue weighted by atomic mass is 16.6. The molecule has 0 heterocycles. The summed E-state index contributed by atoms with van der Waals surface area (Å²) in [5.41, 5.74) is -0.102. The van der Waals surface area contributed by atoms with Crippen LogP contribution in [0.3, 0.4) is 0 Å². The van der Waals surface area contributed by atoms with Gasteiger partial charge in [0.1, 0.15) is 12.2 Å². The number of hydrogen-bond acceptors (Lipinski definition) is 4.